The summed E-state index contributed by atoms with van der Waals surface area (Å²) in [4.78, 5) is 10.9. The molecule has 1 N–H and O–H groups in total. The van der Waals surface area contributed by atoms with E-state index in [9.17, 15) is 9.18 Å². The van der Waals surface area contributed by atoms with Gasteiger partial charge in [-0.3, -0.25) is 0 Å². The van der Waals surface area contributed by atoms with E-state index in [1.165, 1.54) is 12.1 Å². The maximum Gasteiger partial charge on any atom is 0.356 e. The first kappa shape index (κ1) is 11.8. The van der Waals surface area contributed by atoms with Crippen molar-refractivity contribution in [3.8, 4) is 5.69 Å². The van der Waals surface area contributed by atoms with Gasteiger partial charge in [0.05, 0.1) is 21.9 Å². The van der Waals surface area contributed by atoms with Crippen LogP contribution in [0.1, 0.15) is 10.5 Å². The summed E-state index contributed by atoms with van der Waals surface area (Å²) in [5.41, 5.74) is 0.0417. The molecule has 0 saturated heterocycles. The van der Waals surface area contributed by atoms with Crippen molar-refractivity contribution in [2.24, 2.45) is 0 Å². The lowest BCUT2D eigenvalue weighted by molar-refractivity contribution is 0.0687. The van der Waals surface area contributed by atoms with E-state index in [4.69, 9.17) is 28.3 Å². The Bertz CT molecular complexity index is 577. The molecule has 17 heavy (non-hydrogen) atoms. The van der Waals surface area contributed by atoms with Gasteiger partial charge < -0.3 is 5.11 Å². The minimum absolute atomic E-state index is 0.177. The van der Waals surface area contributed by atoms with Crippen LogP contribution in [0.3, 0.4) is 0 Å². The van der Waals surface area contributed by atoms with Gasteiger partial charge in [0.1, 0.15) is 0 Å². The van der Waals surface area contributed by atoms with Gasteiger partial charge in [-0.2, -0.15) is 0 Å². The predicted octanol–water partition coefficient (Wildman–Crippen LogP) is 2.41. The smallest absolute Gasteiger partial charge is 0.356 e. The Morgan fingerprint density at radius 3 is 2.47 bits per heavy atom. The maximum absolute atomic E-state index is 13.2. The van der Waals surface area contributed by atoms with Crippen LogP contribution >= 0.6 is 23.2 Å². The van der Waals surface area contributed by atoms with E-state index in [1.807, 2.05) is 0 Å². The number of aromatic nitrogens is 3. The van der Waals surface area contributed by atoms with Crippen molar-refractivity contribution in [3.63, 3.8) is 0 Å². The van der Waals surface area contributed by atoms with E-state index in [0.29, 0.717) is 0 Å². The highest BCUT2D eigenvalue weighted by molar-refractivity contribution is 6.35. The van der Waals surface area contributed by atoms with Crippen molar-refractivity contribution in [2.75, 3.05) is 0 Å². The summed E-state index contributed by atoms with van der Waals surface area (Å²) < 4.78 is 14.2. The maximum atomic E-state index is 13.2. The van der Waals surface area contributed by atoms with Crippen molar-refractivity contribution in [1.29, 1.82) is 0 Å². The molecular formula is C9H4Cl2FN3O2. The average molecular weight is 276 g/mol. The Kier molecular flexibility index (Phi) is 2.99. The first-order valence-electron chi connectivity index (χ1n) is 4.29. The first-order chi connectivity index (χ1) is 8.00. The predicted molar refractivity (Wildman–Crippen MR) is 58.3 cm³/mol. The molecule has 0 fully saturated rings. The molecule has 0 amide bonds. The standard InChI is InChI=1S/C9H4Cl2FN3O2/c10-5-1-4(2-6(11)8(5)12)15-7(9(16)17)3-13-14-15/h1-3H,(H,16,17). The van der Waals surface area contributed by atoms with E-state index in [-0.39, 0.29) is 21.4 Å². The van der Waals surface area contributed by atoms with Gasteiger partial charge in [-0.25, -0.2) is 13.9 Å². The number of rotatable bonds is 2. The molecular weight excluding hydrogens is 272 g/mol. The normalized spacial score (nSPS) is 10.5. The fourth-order valence-electron chi connectivity index (χ4n) is 1.24. The number of hydrogen-bond acceptors (Lipinski definition) is 3. The summed E-state index contributed by atoms with van der Waals surface area (Å²) in [6.45, 7) is 0. The summed E-state index contributed by atoms with van der Waals surface area (Å²) in [6.07, 6.45) is 1.06. The summed E-state index contributed by atoms with van der Waals surface area (Å²) in [6, 6.07) is 2.42. The van der Waals surface area contributed by atoms with Gasteiger partial charge in [-0.05, 0) is 12.1 Å². The summed E-state index contributed by atoms with van der Waals surface area (Å²) in [5, 5.41) is 15.4. The van der Waals surface area contributed by atoms with Crippen molar-refractivity contribution in [1.82, 2.24) is 15.0 Å². The quantitative estimate of drug-likeness (QED) is 0.855. The van der Waals surface area contributed by atoms with Gasteiger partial charge >= 0.3 is 5.97 Å². The van der Waals surface area contributed by atoms with Crippen LogP contribution < -0.4 is 0 Å². The number of hydrogen-bond donors (Lipinski definition) is 1. The molecule has 8 heteroatoms. The van der Waals surface area contributed by atoms with Crippen LogP contribution in [0.15, 0.2) is 18.3 Å². The molecule has 0 atom stereocenters. The van der Waals surface area contributed by atoms with Gasteiger partial charge in [0.25, 0.3) is 0 Å². The van der Waals surface area contributed by atoms with Crippen molar-refractivity contribution < 1.29 is 14.3 Å². The van der Waals surface area contributed by atoms with Crippen molar-refractivity contribution >= 4 is 29.2 Å². The molecule has 0 radical (unpaired) electrons. The van der Waals surface area contributed by atoms with Crippen LogP contribution in [-0.4, -0.2) is 26.1 Å². The second-order valence-corrected chi connectivity index (χ2v) is 3.87. The SMILES string of the molecule is O=C(O)c1cnnn1-c1cc(Cl)c(F)c(Cl)c1. The number of benzene rings is 1. The lowest BCUT2D eigenvalue weighted by atomic mass is 10.3. The van der Waals surface area contributed by atoms with Gasteiger partial charge in [-0.1, -0.05) is 28.4 Å². The summed E-state index contributed by atoms with van der Waals surface area (Å²) in [7, 11) is 0. The van der Waals surface area contributed by atoms with E-state index in [1.54, 1.807) is 0 Å². The number of nitrogens with zero attached hydrogens (tertiary/aromatic N) is 3. The van der Waals surface area contributed by atoms with Gasteiger partial charge in [0.15, 0.2) is 11.5 Å². The molecule has 0 aliphatic rings. The van der Waals surface area contributed by atoms with E-state index < -0.39 is 11.8 Å². The minimum Gasteiger partial charge on any atom is -0.476 e. The number of carboxylic acid groups (broad SMARTS) is 1. The van der Waals surface area contributed by atoms with Crippen LogP contribution in [0.2, 0.25) is 10.0 Å². The Labute approximate surface area is 104 Å². The molecule has 88 valence electrons. The third-order valence-electron chi connectivity index (χ3n) is 1.98. The zero-order valence-electron chi connectivity index (χ0n) is 8.06. The third-order valence-corrected chi connectivity index (χ3v) is 2.53. The van der Waals surface area contributed by atoms with E-state index in [2.05, 4.69) is 10.3 Å². The Balaban J connectivity index is 2.61. The molecule has 0 spiro atoms. The van der Waals surface area contributed by atoms with Crippen LogP contribution in [0.4, 0.5) is 4.39 Å². The van der Waals surface area contributed by atoms with E-state index in [0.717, 1.165) is 10.9 Å². The molecule has 0 bridgehead atoms. The molecule has 0 aliphatic heterocycles. The molecule has 0 unspecified atom stereocenters. The lowest BCUT2D eigenvalue weighted by Gasteiger charge is -2.05. The number of carboxylic acids is 1. The second-order valence-electron chi connectivity index (χ2n) is 3.06. The summed E-state index contributed by atoms with van der Waals surface area (Å²) >= 11 is 11.2. The largest absolute Gasteiger partial charge is 0.476 e. The van der Waals surface area contributed by atoms with Crippen LogP contribution in [0.5, 0.6) is 0 Å². The molecule has 2 aromatic rings. The zero-order valence-corrected chi connectivity index (χ0v) is 9.57. The fourth-order valence-corrected chi connectivity index (χ4v) is 1.71. The lowest BCUT2D eigenvalue weighted by Crippen LogP contribution is -2.08. The summed E-state index contributed by atoms with van der Waals surface area (Å²) in [5.74, 6) is -1.99. The molecule has 2 rings (SSSR count). The highest BCUT2D eigenvalue weighted by Crippen LogP contribution is 2.26. The number of aromatic carboxylic acids is 1. The van der Waals surface area contributed by atoms with E-state index >= 15 is 0 Å². The van der Waals surface area contributed by atoms with Gasteiger partial charge in [0, 0.05) is 0 Å². The highest BCUT2D eigenvalue weighted by atomic mass is 35.5. The molecule has 1 aromatic carbocycles. The topological polar surface area (TPSA) is 68.0 Å². The van der Waals surface area contributed by atoms with Gasteiger partial charge in [-0.15, -0.1) is 5.10 Å². The number of halogens is 3. The molecule has 5 nitrogen and oxygen atoms in total. The minimum atomic E-state index is -1.22. The Morgan fingerprint density at radius 2 is 1.94 bits per heavy atom. The fraction of sp³-hybridized carbons (Fsp3) is 0. The van der Waals surface area contributed by atoms with Crippen LogP contribution in [-0.2, 0) is 0 Å². The molecule has 1 aromatic heterocycles. The van der Waals surface area contributed by atoms with Crippen LogP contribution in [0, 0.1) is 5.82 Å². The Morgan fingerprint density at radius 1 is 1.35 bits per heavy atom. The highest BCUT2D eigenvalue weighted by Gasteiger charge is 2.15. The van der Waals surface area contributed by atoms with Crippen molar-refractivity contribution in [3.05, 3.63) is 39.9 Å². The van der Waals surface area contributed by atoms with Crippen molar-refractivity contribution in [2.45, 2.75) is 0 Å². The van der Waals surface area contributed by atoms with Gasteiger partial charge in [0.2, 0.25) is 0 Å². The molecule has 0 saturated carbocycles. The average Bonchev–Trinajstić information content (AvgIpc) is 2.74. The zero-order chi connectivity index (χ0) is 12.6. The number of carbonyl (C=O) groups is 1. The third kappa shape index (κ3) is 2.09. The molecule has 1 heterocycles. The van der Waals surface area contributed by atoms with Crippen LogP contribution in [0.25, 0.3) is 5.69 Å². The molecule has 0 aliphatic carbocycles. The second kappa shape index (κ2) is 4.31. The Hall–Kier alpha value is -1.66. The first-order valence-corrected chi connectivity index (χ1v) is 5.05. The monoisotopic (exact) mass is 275 g/mol.